The van der Waals surface area contributed by atoms with Gasteiger partial charge in [0.05, 0.1) is 11.9 Å². The first kappa shape index (κ1) is 15.8. The number of hydrogen-bond acceptors (Lipinski definition) is 3. The second kappa shape index (κ2) is 5.66. The minimum atomic E-state index is -0.0875. The molecule has 1 heterocycles. The maximum Gasteiger partial charge on any atom is 0.269 e. The number of rotatable bonds is 6. The lowest BCUT2D eigenvalue weighted by Gasteiger charge is -2.07. The highest BCUT2D eigenvalue weighted by Gasteiger charge is 2.64. The van der Waals surface area contributed by atoms with Crippen LogP contribution in [0.15, 0.2) is 18.3 Å². The monoisotopic (exact) mass is 289 g/mol. The molecule has 0 aliphatic heterocycles. The molecule has 1 aromatic heterocycles. The van der Waals surface area contributed by atoms with Crippen LogP contribution >= 0.6 is 0 Å². The van der Waals surface area contributed by atoms with Gasteiger partial charge < -0.3 is 10.6 Å². The zero-order valence-electron chi connectivity index (χ0n) is 13.8. The van der Waals surface area contributed by atoms with E-state index in [1.54, 1.807) is 12.3 Å². The molecule has 0 radical (unpaired) electrons. The zero-order valence-corrected chi connectivity index (χ0v) is 13.8. The normalized spacial score (nSPS) is 19.1. The van der Waals surface area contributed by atoms with Gasteiger partial charge in [0.25, 0.3) is 5.91 Å². The Balaban J connectivity index is 1.87. The van der Waals surface area contributed by atoms with Crippen molar-refractivity contribution < 1.29 is 4.79 Å². The molecule has 1 aliphatic carbocycles. The molecule has 1 aliphatic rings. The van der Waals surface area contributed by atoms with Crippen LogP contribution < -0.4 is 10.6 Å². The van der Waals surface area contributed by atoms with E-state index in [4.69, 9.17) is 0 Å². The molecule has 0 bridgehead atoms. The summed E-state index contributed by atoms with van der Waals surface area (Å²) in [6.07, 6.45) is 2.78. The fraction of sp³-hybridized carbons (Fsp3) is 0.647. The third kappa shape index (κ3) is 3.04. The van der Waals surface area contributed by atoms with Crippen molar-refractivity contribution in [1.82, 2.24) is 10.3 Å². The zero-order chi connectivity index (χ0) is 15.7. The predicted octanol–water partition coefficient (Wildman–Crippen LogP) is 3.32. The summed E-state index contributed by atoms with van der Waals surface area (Å²) >= 11 is 0. The third-order valence-corrected chi connectivity index (χ3v) is 5.36. The van der Waals surface area contributed by atoms with Crippen LogP contribution in [-0.4, -0.2) is 24.0 Å². The van der Waals surface area contributed by atoms with Gasteiger partial charge >= 0.3 is 0 Å². The molecule has 4 heteroatoms. The Kier molecular flexibility index (Phi) is 4.26. The Hall–Kier alpha value is -1.58. The van der Waals surface area contributed by atoms with E-state index in [9.17, 15) is 4.79 Å². The van der Waals surface area contributed by atoms with E-state index in [0.717, 1.165) is 25.2 Å². The van der Waals surface area contributed by atoms with Gasteiger partial charge in [-0.05, 0) is 35.3 Å². The van der Waals surface area contributed by atoms with Crippen LogP contribution in [0.2, 0.25) is 0 Å². The summed E-state index contributed by atoms with van der Waals surface area (Å²) in [5.41, 5.74) is 2.02. The van der Waals surface area contributed by atoms with Crippen molar-refractivity contribution in [1.29, 1.82) is 0 Å². The molecule has 4 nitrogen and oxygen atoms in total. The van der Waals surface area contributed by atoms with Crippen LogP contribution in [0.4, 0.5) is 5.69 Å². The summed E-state index contributed by atoms with van der Waals surface area (Å²) < 4.78 is 0. The molecule has 1 saturated carbocycles. The molecule has 0 aromatic carbocycles. The van der Waals surface area contributed by atoms with E-state index in [-0.39, 0.29) is 5.91 Å². The maximum atomic E-state index is 12.1. The predicted molar refractivity (Wildman–Crippen MR) is 86.4 cm³/mol. The fourth-order valence-corrected chi connectivity index (χ4v) is 3.03. The molecule has 1 amide bonds. The average molecular weight is 289 g/mol. The van der Waals surface area contributed by atoms with Crippen molar-refractivity contribution in [3.8, 4) is 0 Å². The quantitative estimate of drug-likeness (QED) is 0.844. The molecule has 21 heavy (non-hydrogen) atoms. The molecule has 0 saturated heterocycles. The number of amides is 1. The highest BCUT2D eigenvalue weighted by molar-refractivity contribution is 5.92. The van der Waals surface area contributed by atoms with Crippen molar-refractivity contribution in [2.75, 3.05) is 18.4 Å². The first-order valence-electron chi connectivity index (χ1n) is 7.79. The van der Waals surface area contributed by atoms with Gasteiger partial charge in [-0.2, -0.15) is 0 Å². The van der Waals surface area contributed by atoms with E-state index in [2.05, 4.69) is 50.2 Å². The van der Waals surface area contributed by atoms with Crippen LogP contribution in [0.3, 0.4) is 0 Å². The molecule has 1 aromatic rings. The van der Waals surface area contributed by atoms with E-state index < -0.39 is 0 Å². The van der Waals surface area contributed by atoms with Crippen molar-refractivity contribution in [2.24, 2.45) is 16.7 Å². The Morgan fingerprint density at radius 3 is 2.38 bits per heavy atom. The number of anilines is 1. The minimum Gasteiger partial charge on any atom is -0.384 e. The SMILES string of the molecule is CCCNc1ccc(C(=O)NCC2C(C)(C)C2(C)C)nc1. The van der Waals surface area contributed by atoms with E-state index in [1.165, 1.54) is 0 Å². The largest absolute Gasteiger partial charge is 0.384 e. The molecule has 2 N–H and O–H groups in total. The molecular weight excluding hydrogens is 262 g/mol. The summed E-state index contributed by atoms with van der Waals surface area (Å²) in [5, 5.41) is 6.26. The number of carbonyl (C=O) groups is 1. The second-order valence-corrected chi connectivity index (χ2v) is 7.06. The van der Waals surface area contributed by atoms with Crippen LogP contribution in [0.25, 0.3) is 0 Å². The Morgan fingerprint density at radius 2 is 1.90 bits per heavy atom. The van der Waals surface area contributed by atoms with Crippen molar-refractivity contribution in [2.45, 2.75) is 41.0 Å². The van der Waals surface area contributed by atoms with Gasteiger partial charge in [-0.1, -0.05) is 34.6 Å². The van der Waals surface area contributed by atoms with Gasteiger partial charge in [0, 0.05) is 13.1 Å². The fourth-order valence-electron chi connectivity index (χ4n) is 3.03. The lowest BCUT2D eigenvalue weighted by molar-refractivity contribution is 0.0945. The van der Waals surface area contributed by atoms with Crippen LogP contribution in [0.1, 0.15) is 51.5 Å². The van der Waals surface area contributed by atoms with Crippen LogP contribution in [0.5, 0.6) is 0 Å². The molecule has 0 spiro atoms. The van der Waals surface area contributed by atoms with Gasteiger partial charge in [-0.25, -0.2) is 4.98 Å². The summed E-state index contributed by atoms with van der Waals surface area (Å²) in [6.45, 7) is 12.8. The summed E-state index contributed by atoms with van der Waals surface area (Å²) in [6, 6.07) is 3.68. The van der Waals surface area contributed by atoms with Gasteiger partial charge in [0.15, 0.2) is 0 Å². The lowest BCUT2D eigenvalue weighted by atomic mass is 10.0. The van der Waals surface area contributed by atoms with Crippen molar-refractivity contribution in [3.63, 3.8) is 0 Å². The van der Waals surface area contributed by atoms with Crippen LogP contribution in [-0.2, 0) is 0 Å². The molecule has 0 unspecified atom stereocenters. The maximum absolute atomic E-state index is 12.1. The highest BCUT2D eigenvalue weighted by atomic mass is 16.1. The van der Waals surface area contributed by atoms with Crippen molar-refractivity contribution >= 4 is 11.6 Å². The minimum absolute atomic E-state index is 0.0875. The van der Waals surface area contributed by atoms with E-state index in [1.807, 2.05) is 6.07 Å². The van der Waals surface area contributed by atoms with Crippen LogP contribution in [0, 0.1) is 16.7 Å². The number of pyridine rings is 1. The molecular formula is C17H27N3O. The molecule has 0 atom stereocenters. The topological polar surface area (TPSA) is 54.0 Å². The number of nitrogens with one attached hydrogen (secondary N) is 2. The standard InChI is InChI=1S/C17H27N3O/c1-6-9-18-12-7-8-13(19-10-12)15(21)20-11-14-16(2,3)17(14,4)5/h7-8,10,14,18H,6,9,11H2,1-5H3,(H,20,21). The van der Waals surface area contributed by atoms with Gasteiger partial charge in [-0.3, -0.25) is 4.79 Å². The molecule has 116 valence electrons. The third-order valence-electron chi connectivity index (χ3n) is 5.36. The van der Waals surface area contributed by atoms with E-state index >= 15 is 0 Å². The first-order chi connectivity index (χ1) is 9.80. The highest BCUT2D eigenvalue weighted by Crippen LogP contribution is 2.67. The number of carbonyl (C=O) groups excluding carboxylic acids is 1. The average Bonchev–Trinajstić information content (AvgIpc) is 2.84. The number of hydrogen-bond donors (Lipinski definition) is 2. The van der Waals surface area contributed by atoms with Crippen molar-refractivity contribution in [3.05, 3.63) is 24.0 Å². The van der Waals surface area contributed by atoms with Gasteiger partial charge in [0.1, 0.15) is 5.69 Å². The number of aromatic nitrogens is 1. The Bertz CT molecular complexity index is 491. The smallest absolute Gasteiger partial charge is 0.269 e. The number of nitrogens with zero attached hydrogens (tertiary/aromatic N) is 1. The first-order valence-corrected chi connectivity index (χ1v) is 7.79. The summed E-state index contributed by atoms with van der Waals surface area (Å²) in [5.74, 6) is 0.440. The van der Waals surface area contributed by atoms with Gasteiger partial charge in [-0.15, -0.1) is 0 Å². The Morgan fingerprint density at radius 1 is 1.24 bits per heavy atom. The molecule has 2 rings (SSSR count). The van der Waals surface area contributed by atoms with Gasteiger partial charge in [0.2, 0.25) is 0 Å². The lowest BCUT2D eigenvalue weighted by Crippen LogP contribution is -2.27. The second-order valence-electron chi connectivity index (χ2n) is 7.06. The molecule has 1 fully saturated rings. The Labute approximate surface area is 127 Å². The summed E-state index contributed by atoms with van der Waals surface area (Å²) in [7, 11) is 0. The van der Waals surface area contributed by atoms with E-state index in [0.29, 0.717) is 22.4 Å². The summed E-state index contributed by atoms with van der Waals surface area (Å²) in [4.78, 5) is 16.4.